The van der Waals surface area contributed by atoms with Gasteiger partial charge in [-0.1, -0.05) is 54.1 Å². The van der Waals surface area contributed by atoms with Gasteiger partial charge in [-0.05, 0) is 65.2 Å². The highest BCUT2D eigenvalue weighted by Gasteiger charge is 2.13. The molecule has 1 amide bonds. The minimum Gasteiger partial charge on any atom is -0.366 e. The third kappa shape index (κ3) is 4.95. The van der Waals surface area contributed by atoms with Crippen molar-refractivity contribution in [3.63, 3.8) is 0 Å². The molecule has 2 N–H and O–H groups in total. The van der Waals surface area contributed by atoms with Gasteiger partial charge >= 0.3 is 0 Å². The van der Waals surface area contributed by atoms with Crippen molar-refractivity contribution in [2.45, 2.75) is 20.4 Å². The minimum atomic E-state index is -0.126. The predicted molar refractivity (Wildman–Crippen MR) is 144 cm³/mol. The van der Waals surface area contributed by atoms with Crippen LogP contribution in [0.2, 0.25) is 0 Å². The van der Waals surface area contributed by atoms with E-state index >= 15 is 0 Å². The van der Waals surface area contributed by atoms with Crippen molar-refractivity contribution in [3.8, 4) is 11.3 Å². The summed E-state index contributed by atoms with van der Waals surface area (Å²) in [5.74, 6) is 0.701. The van der Waals surface area contributed by atoms with Gasteiger partial charge in [0, 0.05) is 29.4 Å². The molecule has 2 heterocycles. The molecule has 5 rings (SSSR count). The van der Waals surface area contributed by atoms with Crippen molar-refractivity contribution in [2.75, 3.05) is 10.6 Å². The van der Waals surface area contributed by atoms with E-state index in [0.717, 1.165) is 49.6 Å². The number of aromatic nitrogens is 3. The molecule has 6 nitrogen and oxygen atoms in total. The lowest BCUT2D eigenvalue weighted by Crippen LogP contribution is -2.12. The van der Waals surface area contributed by atoms with Crippen molar-refractivity contribution < 1.29 is 4.79 Å². The van der Waals surface area contributed by atoms with Crippen molar-refractivity contribution in [1.29, 1.82) is 0 Å². The molecule has 0 aliphatic carbocycles. The number of carbonyl (C=O) groups is 1. The highest BCUT2D eigenvalue weighted by atomic mass is 79.9. The second-order valence-electron chi connectivity index (χ2n) is 8.45. The number of nitrogens with zero attached hydrogens (tertiary/aromatic N) is 3. The first-order chi connectivity index (χ1) is 17.0. The van der Waals surface area contributed by atoms with E-state index in [1.807, 2.05) is 73.7 Å². The van der Waals surface area contributed by atoms with Crippen molar-refractivity contribution in [3.05, 3.63) is 112 Å². The Labute approximate surface area is 212 Å². The van der Waals surface area contributed by atoms with E-state index in [1.54, 1.807) is 10.7 Å². The van der Waals surface area contributed by atoms with Crippen LogP contribution in [0.1, 0.15) is 27.0 Å². The fourth-order valence-corrected chi connectivity index (χ4v) is 4.35. The van der Waals surface area contributed by atoms with Crippen molar-refractivity contribution in [1.82, 2.24) is 14.6 Å². The van der Waals surface area contributed by atoms with Gasteiger partial charge in [-0.2, -0.15) is 9.61 Å². The van der Waals surface area contributed by atoms with E-state index < -0.39 is 0 Å². The first-order valence-corrected chi connectivity index (χ1v) is 12.1. The number of hydrogen-bond acceptors (Lipinski definition) is 4. The van der Waals surface area contributed by atoms with Gasteiger partial charge in [0.1, 0.15) is 5.82 Å². The van der Waals surface area contributed by atoms with Crippen LogP contribution in [0.4, 0.5) is 11.5 Å². The Morgan fingerprint density at radius 3 is 2.63 bits per heavy atom. The molecule has 174 valence electrons. The van der Waals surface area contributed by atoms with E-state index in [0.29, 0.717) is 12.1 Å². The van der Waals surface area contributed by atoms with Crippen LogP contribution in [0.3, 0.4) is 0 Å². The standard InChI is InChI=1S/C28H24BrN5O/c1-18-7-5-10-21(13-18)28(35)32-22-11-6-9-20(14-22)16-30-26-15-25(23-12-4-3-8-19(23)2)33-27-24(29)17-31-34(26)27/h3-15,17,30H,16H2,1-2H3,(H,32,35). The Kier molecular flexibility index (Phi) is 6.33. The summed E-state index contributed by atoms with van der Waals surface area (Å²) in [6.07, 6.45) is 1.75. The summed E-state index contributed by atoms with van der Waals surface area (Å²) in [5.41, 5.74) is 7.31. The second-order valence-corrected chi connectivity index (χ2v) is 9.30. The van der Waals surface area contributed by atoms with Gasteiger partial charge in [0.25, 0.3) is 5.91 Å². The lowest BCUT2D eigenvalue weighted by atomic mass is 10.1. The van der Waals surface area contributed by atoms with Crippen LogP contribution < -0.4 is 10.6 Å². The number of benzene rings is 3. The highest BCUT2D eigenvalue weighted by Crippen LogP contribution is 2.28. The number of hydrogen-bond donors (Lipinski definition) is 2. The summed E-state index contributed by atoms with van der Waals surface area (Å²) in [4.78, 5) is 17.5. The average molecular weight is 526 g/mol. The average Bonchev–Trinajstić information content (AvgIpc) is 3.24. The normalized spacial score (nSPS) is 10.9. The summed E-state index contributed by atoms with van der Waals surface area (Å²) in [7, 11) is 0. The monoisotopic (exact) mass is 525 g/mol. The number of amides is 1. The first-order valence-electron chi connectivity index (χ1n) is 11.3. The smallest absolute Gasteiger partial charge is 0.255 e. The van der Waals surface area contributed by atoms with Crippen LogP contribution in [0.15, 0.2) is 89.5 Å². The molecule has 0 unspecified atom stereocenters. The number of aryl methyl sites for hydroxylation is 2. The van der Waals surface area contributed by atoms with Crippen LogP contribution in [0.5, 0.6) is 0 Å². The van der Waals surface area contributed by atoms with E-state index in [4.69, 9.17) is 4.98 Å². The van der Waals surface area contributed by atoms with E-state index in [-0.39, 0.29) is 5.91 Å². The van der Waals surface area contributed by atoms with Gasteiger partial charge in [0.15, 0.2) is 5.65 Å². The maximum Gasteiger partial charge on any atom is 0.255 e. The topological polar surface area (TPSA) is 71.3 Å². The number of carbonyl (C=O) groups excluding carboxylic acids is 1. The molecular weight excluding hydrogens is 502 g/mol. The number of rotatable bonds is 6. The fraction of sp³-hybridized carbons (Fsp3) is 0.107. The summed E-state index contributed by atoms with van der Waals surface area (Å²) >= 11 is 3.56. The molecule has 0 saturated heterocycles. The SMILES string of the molecule is Cc1cccc(C(=O)Nc2cccc(CNc3cc(-c4ccccc4C)nc4c(Br)cnn34)c2)c1. The summed E-state index contributed by atoms with van der Waals surface area (Å²) in [6, 6.07) is 25.6. The number of anilines is 2. The van der Waals surface area contributed by atoms with Gasteiger partial charge in [0.05, 0.1) is 16.4 Å². The summed E-state index contributed by atoms with van der Waals surface area (Å²) in [5, 5.41) is 11.0. The molecule has 0 saturated carbocycles. The zero-order valence-corrected chi connectivity index (χ0v) is 21.0. The van der Waals surface area contributed by atoms with Crippen LogP contribution in [-0.2, 0) is 6.54 Å². The van der Waals surface area contributed by atoms with E-state index in [1.165, 1.54) is 0 Å². The molecule has 0 spiro atoms. The molecule has 5 aromatic rings. The Bertz CT molecular complexity index is 1540. The lowest BCUT2D eigenvalue weighted by molar-refractivity contribution is 0.102. The van der Waals surface area contributed by atoms with Crippen molar-refractivity contribution in [2.24, 2.45) is 0 Å². The minimum absolute atomic E-state index is 0.126. The molecule has 35 heavy (non-hydrogen) atoms. The van der Waals surface area contributed by atoms with E-state index in [9.17, 15) is 4.79 Å². The third-order valence-electron chi connectivity index (χ3n) is 5.79. The van der Waals surface area contributed by atoms with E-state index in [2.05, 4.69) is 50.7 Å². The Hall–Kier alpha value is -3.97. The maximum absolute atomic E-state index is 12.7. The Morgan fingerprint density at radius 1 is 0.971 bits per heavy atom. The molecule has 0 aliphatic rings. The molecule has 0 aliphatic heterocycles. The van der Waals surface area contributed by atoms with Crippen LogP contribution in [0.25, 0.3) is 16.9 Å². The number of fused-ring (bicyclic) bond motifs is 1. The molecule has 0 bridgehead atoms. The van der Waals surface area contributed by atoms with Crippen LogP contribution >= 0.6 is 15.9 Å². The molecule has 0 radical (unpaired) electrons. The second kappa shape index (κ2) is 9.72. The third-order valence-corrected chi connectivity index (χ3v) is 6.35. The van der Waals surface area contributed by atoms with Crippen molar-refractivity contribution >= 4 is 39.0 Å². The molecular formula is C28H24BrN5O. The predicted octanol–water partition coefficient (Wildman–Crippen LogP) is 6.64. The zero-order valence-electron chi connectivity index (χ0n) is 19.4. The van der Waals surface area contributed by atoms with Gasteiger partial charge in [-0.15, -0.1) is 0 Å². The number of halogens is 1. The quantitative estimate of drug-likeness (QED) is 0.260. The summed E-state index contributed by atoms with van der Waals surface area (Å²) < 4.78 is 2.62. The Balaban J connectivity index is 1.39. The number of nitrogens with one attached hydrogen (secondary N) is 2. The molecule has 3 aromatic carbocycles. The summed E-state index contributed by atoms with van der Waals surface area (Å²) in [6.45, 7) is 4.61. The molecule has 0 fully saturated rings. The van der Waals surface area contributed by atoms with Crippen LogP contribution in [0, 0.1) is 13.8 Å². The molecule has 2 aromatic heterocycles. The highest BCUT2D eigenvalue weighted by molar-refractivity contribution is 9.10. The van der Waals surface area contributed by atoms with Gasteiger partial charge in [-0.3, -0.25) is 4.79 Å². The molecule has 0 atom stereocenters. The first kappa shape index (κ1) is 22.8. The maximum atomic E-state index is 12.7. The zero-order chi connectivity index (χ0) is 24.4. The Morgan fingerprint density at radius 2 is 1.80 bits per heavy atom. The largest absolute Gasteiger partial charge is 0.366 e. The van der Waals surface area contributed by atoms with Gasteiger partial charge in [-0.25, -0.2) is 4.98 Å². The lowest BCUT2D eigenvalue weighted by Gasteiger charge is -2.13. The van der Waals surface area contributed by atoms with Gasteiger partial charge < -0.3 is 10.6 Å². The van der Waals surface area contributed by atoms with Crippen LogP contribution in [-0.4, -0.2) is 20.5 Å². The molecule has 7 heteroatoms. The fourth-order valence-electron chi connectivity index (χ4n) is 4.00. The van der Waals surface area contributed by atoms with Gasteiger partial charge in [0.2, 0.25) is 0 Å².